The number of aliphatic carboxylic acids is 1. The largest absolute Gasteiger partial charge is 0.546 e. The summed E-state index contributed by atoms with van der Waals surface area (Å²) in [6.45, 7) is 5.33. The minimum atomic E-state index is -4.37. The Hall–Kier alpha value is -3.31. The fourth-order valence-corrected chi connectivity index (χ4v) is 3.59. The molecule has 0 radical (unpaired) electrons. The Morgan fingerprint density at radius 2 is 1.89 bits per heavy atom. The first kappa shape index (κ1) is 28.9. The van der Waals surface area contributed by atoms with Gasteiger partial charge in [-0.2, -0.15) is 13.2 Å². The quantitative estimate of drug-likeness (QED) is 0.385. The summed E-state index contributed by atoms with van der Waals surface area (Å²) in [5.41, 5.74) is -2.08. The van der Waals surface area contributed by atoms with Crippen LogP contribution in [-0.4, -0.2) is 45.6 Å². The average molecular weight is 514 g/mol. The van der Waals surface area contributed by atoms with Gasteiger partial charge in [0.05, 0.1) is 5.97 Å². The van der Waals surface area contributed by atoms with Crippen LogP contribution in [0.25, 0.3) is 0 Å². The molecule has 0 unspecified atom stereocenters. The number of hydrogen-bond acceptors (Lipinski definition) is 7. The van der Waals surface area contributed by atoms with Crippen LogP contribution in [0.15, 0.2) is 33.9 Å². The zero-order valence-electron chi connectivity index (χ0n) is 20.7. The van der Waals surface area contributed by atoms with Crippen molar-refractivity contribution >= 4 is 11.8 Å². The van der Waals surface area contributed by atoms with E-state index in [0.717, 1.165) is 16.6 Å². The molecule has 0 aliphatic heterocycles. The molecule has 0 saturated heterocycles. The molecule has 0 amide bonds. The fraction of sp³-hybridized carbons (Fsp3) is 0.583. The standard InChI is InChI=1S/C24H33F3N4O5/c1-4-13-30(19-20(32)31(22(35)29-28-19)15-8-12-24(25,26)27)14-6-5-9-17-10-7-11-18(16-17)36-23(2,3)21(33)34/h7,10-11,16H,4-6,8-9,12-15H2,1-3H3,(H,29,35)(H,33,34)/p-1. The highest BCUT2D eigenvalue weighted by Gasteiger charge is 2.26. The summed E-state index contributed by atoms with van der Waals surface area (Å²) in [6.07, 6.45) is -3.07. The van der Waals surface area contributed by atoms with Crippen LogP contribution in [0, 0.1) is 0 Å². The molecule has 2 aromatic rings. The molecule has 0 bridgehead atoms. The zero-order chi connectivity index (χ0) is 26.9. The van der Waals surface area contributed by atoms with Gasteiger partial charge in [0.25, 0.3) is 5.56 Å². The lowest BCUT2D eigenvalue weighted by atomic mass is 10.1. The van der Waals surface area contributed by atoms with Gasteiger partial charge in [-0.3, -0.25) is 9.36 Å². The topological polar surface area (TPSA) is 120 Å². The zero-order valence-corrected chi connectivity index (χ0v) is 20.7. The number of halogens is 3. The molecule has 2 rings (SSSR count). The SMILES string of the molecule is CCCN(CCCCc1cccc(OC(C)(C)C(=O)[O-])c1)c1n[nH]c(=O)n(CCCC(F)(F)F)c1=O. The molecular weight excluding hydrogens is 481 g/mol. The molecule has 0 saturated carbocycles. The van der Waals surface area contributed by atoms with Crippen molar-refractivity contribution in [3.8, 4) is 5.75 Å². The lowest BCUT2D eigenvalue weighted by Crippen LogP contribution is -2.47. The number of benzene rings is 1. The Bertz CT molecular complexity index is 1130. The number of ether oxygens (including phenoxy) is 1. The number of hydrogen-bond donors (Lipinski definition) is 1. The van der Waals surface area contributed by atoms with Crippen molar-refractivity contribution < 1.29 is 27.8 Å². The van der Waals surface area contributed by atoms with E-state index in [0.29, 0.717) is 38.1 Å². The predicted molar refractivity (Wildman–Crippen MR) is 126 cm³/mol. The van der Waals surface area contributed by atoms with Gasteiger partial charge in [0, 0.05) is 26.1 Å². The summed E-state index contributed by atoms with van der Waals surface area (Å²) >= 11 is 0. The van der Waals surface area contributed by atoms with Crippen molar-refractivity contribution in [2.45, 2.75) is 77.6 Å². The van der Waals surface area contributed by atoms with Gasteiger partial charge in [0.15, 0.2) is 0 Å². The van der Waals surface area contributed by atoms with Crippen molar-refractivity contribution in [2.75, 3.05) is 18.0 Å². The smallest absolute Gasteiger partial charge is 0.389 e. The van der Waals surface area contributed by atoms with E-state index in [4.69, 9.17) is 4.74 Å². The van der Waals surface area contributed by atoms with Crippen molar-refractivity contribution in [2.24, 2.45) is 0 Å². The molecule has 1 aromatic heterocycles. The maximum absolute atomic E-state index is 12.8. The molecule has 0 aliphatic carbocycles. The van der Waals surface area contributed by atoms with Crippen molar-refractivity contribution in [1.29, 1.82) is 0 Å². The Kier molecular flexibility index (Phi) is 10.1. The van der Waals surface area contributed by atoms with Gasteiger partial charge < -0.3 is 19.5 Å². The number of aryl methyl sites for hydroxylation is 1. The number of unbranched alkanes of at least 4 members (excludes halogenated alkanes) is 1. The Morgan fingerprint density at radius 3 is 2.53 bits per heavy atom. The van der Waals surface area contributed by atoms with E-state index in [9.17, 15) is 32.7 Å². The summed E-state index contributed by atoms with van der Waals surface area (Å²) in [6, 6.07) is 7.09. The van der Waals surface area contributed by atoms with Crippen molar-refractivity contribution in [3.05, 3.63) is 50.7 Å². The average Bonchev–Trinajstić information content (AvgIpc) is 2.77. The molecule has 36 heavy (non-hydrogen) atoms. The molecule has 0 aliphatic rings. The third-order valence-corrected chi connectivity index (χ3v) is 5.48. The molecule has 1 aromatic carbocycles. The number of aromatic nitrogens is 3. The van der Waals surface area contributed by atoms with E-state index in [1.165, 1.54) is 13.8 Å². The lowest BCUT2D eigenvalue weighted by Gasteiger charge is -2.27. The number of nitrogens with one attached hydrogen (secondary N) is 1. The minimum absolute atomic E-state index is 0.00312. The number of alkyl halides is 3. The predicted octanol–water partition coefficient (Wildman–Crippen LogP) is 2.42. The van der Waals surface area contributed by atoms with Gasteiger partial charge in [-0.15, -0.1) is 5.10 Å². The van der Waals surface area contributed by atoms with Crippen LogP contribution in [0.4, 0.5) is 19.0 Å². The number of rotatable bonds is 14. The van der Waals surface area contributed by atoms with Crippen LogP contribution in [0.1, 0.15) is 58.4 Å². The number of carboxylic acids is 1. The van der Waals surface area contributed by atoms with E-state index in [-0.39, 0.29) is 18.8 Å². The van der Waals surface area contributed by atoms with Gasteiger partial charge in [0.1, 0.15) is 11.4 Å². The minimum Gasteiger partial charge on any atom is -0.546 e. The number of anilines is 1. The first-order chi connectivity index (χ1) is 16.8. The van der Waals surface area contributed by atoms with Gasteiger partial charge in [-0.25, -0.2) is 9.89 Å². The van der Waals surface area contributed by atoms with E-state index in [1.807, 2.05) is 13.0 Å². The third kappa shape index (κ3) is 8.72. The molecule has 200 valence electrons. The summed E-state index contributed by atoms with van der Waals surface area (Å²) in [7, 11) is 0. The van der Waals surface area contributed by atoms with Crippen LogP contribution >= 0.6 is 0 Å². The molecular formula is C24H32F3N4O5-. The van der Waals surface area contributed by atoms with Crippen LogP contribution in [-0.2, 0) is 17.8 Å². The highest BCUT2D eigenvalue weighted by atomic mass is 19.4. The van der Waals surface area contributed by atoms with Crippen LogP contribution in [0.3, 0.4) is 0 Å². The van der Waals surface area contributed by atoms with E-state index in [2.05, 4.69) is 10.2 Å². The molecule has 1 heterocycles. The van der Waals surface area contributed by atoms with Gasteiger partial charge in [-0.1, -0.05) is 19.1 Å². The molecule has 12 heteroatoms. The first-order valence-corrected chi connectivity index (χ1v) is 11.8. The number of nitrogens with zero attached hydrogens (tertiary/aromatic N) is 3. The van der Waals surface area contributed by atoms with Crippen molar-refractivity contribution in [1.82, 2.24) is 14.8 Å². The number of carbonyl (C=O) groups excluding carboxylic acids is 1. The number of carboxylic acid groups (broad SMARTS) is 1. The van der Waals surface area contributed by atoms with Gasteiger partial charge in [0.2, 0.25) is 5.82 Å². The Balaban J connectivity index is 2.02. The number of aromatic amines is 1. The van der Waals surface area contributed by atoms with Crippen LogP contribution in [0.2, 0.25) is 0 Å². The molecule has 9 nitrogen and oxygen atoms in total. The van der Waals surface area contributed by atoms with Gasteiger partial charge >= 0.3 is 11.9 Å². The Morgan fingerprint density at radius 1 is 1.17 bits per heavy atom. The molecule has 0 spiro atoms. The van der Waals surface area contributed by atoms with Crippen LogP contribution < -0.4 is 26.0 Å². The Labute approximate surface area is 206 Å². The lowest BCUT2D eigenvalue weighted by molar-refractivity contribution is -0.320. The third-order valence-electron chi connectivity index (χ3n) is 5.48. The second-order valence-electron chi connectivity index (χ2n) is 9.02. The summed E-state index contributed by atoms with van der Waals surface area (Å²) in [5, 5.41) is 17.3. The monoisotopic (exact) mass is 513 g/mol. The molecule has 0 atom stereocenters. The van der Waals surface area contributed by atoms with E-state index < -0.39 is 35.4 Å². The number of H-pyrrole nitrogens is 1. The summed E-state index contributed by atoms with van der Waals surface area (Å²) in [5.74, 6) is -0.902. The second kappa shape index (κ2) is 12.6. The van der Waals surface area contributed by atoms with Crippen LogP contribution in [0.5, 0.6) is 5.75 Å². The summed E-state index contributed by atoms with van der Waals surface area (Å²) in [4.78, 5) is 37.7. The van der Waals surface area contributed by atoms with Crippen molar-refractivity contribution in [3.63, 3.8) is 0 Å². The van der Waals surface area contributed by atoms with E-state index >= 15 is 0 Å². The molecule has 1 N–H and O–H groups in total. The fourth-order valence-electron chi connectivity index (χ4n) is 3.59. The normalized spacial score (nSPS) is 11.9. The maximum atomic E-state index is 12.8. The maximum Gasteiger partial charge on any atom is 0.389 e. The molecule has 0 fully saturated rings. The van der Waals surface area contributed by atoms with E-state index in [1.54, 1.807) is 23.1 Å². The summed E-state index contributed by atoms with van der Waals surface area (Å²) < 4.78 is 43.7. The number of carbonyl (C=O) groups is 1. The highest BCUT2D eigenvalue weighted by Crippen LogP contribution is 2.22. The first-order valence-electron chi connectivity index (χ1n) is 11.8. The second-order valence-corrected chi connectivity index (χ2v) is 9.02. The highest BCUT2D eigenvalue weighted by molar-refractivity contribution is 5.74. The van der Waals surface area contributed by atoms with Gasteiger partial charge in [-0.05, 0) is 63.6 Å².